The van der Waals surface area contributed by atoms with Crippen molar-refractivity contribution in [1.29, 1.82) is 0 Å². The second kappa shape index (κ2) is 4.97. The van der Waals surface area contributed by atoms with Crippen LogP contribution in [0.5, 0.6) is 0 Å². The van der Waals surface area contributed by atoms with Crippen LogP contribution in [0.2, 0.25) is 0 Å². The molecule has 0 aliphatic heterocycles. The Morgan fingerprint density at radius 2 is 1.95 bits per heavy atom. The number of rotatable bonds is 4. The van der Waals surface area contributed by atoms with E-state index in [-0.39, 0.29) is 6.04 Å². The van der Waals surface area contributed by atoms with E-state index < -0.39 is 0 Å². The highest BCUT2D eigenvalue weighted by Gasteiger charge is 2.30. The summed E-state index contributed by atoms with van der Waals surface area (Å²) in [6.45, 7) is 0. The fourth-order valence-corrected chi connectivity index (χ4v) is 2.86. The Bertz CT molecular complexity index is 759. The van der Waals surface area contributed by atoms with Crippen LogP contribution in [0.4, 0.5) is 0 Å². The first-order valence-electron chi connectivity index (χ1n) is 7.45. The first kappa shape index (κ1) is 12.5. The van der Waals surface area contributed by atoms with Crippen LogP contribution in [0.3, 0.4) is 0 Å². The molecule has 2 N–H and O–H groups in total. The Hall–Kier alpha value is -2.20. The maximum absolute atomic E-state index is 6.45. The van der Waals surface area contributed by atoms with Gasteiger partial charge in [-0.1, -0.05) is 30.3 Å². The van der Waals surface area contributed by atoms with E-state index in [0.717, 1.165) is 23.4 Å². The second-order valence-corrected chi connectivity index (χ2v) is 5.71. The molecule has 2 heterocycles. The Kier molecular flexibility index (Phi) is 2.97. The third-order valence-electron chi connectivity index (χ3n) is 4.02. The minimum Gasteiger partial charge on any atom is -0.321 e. The molecule has 0 bridgehead atoms. The van der Waals surface area contributed by atoms with Crippen molar-refractivity contribution < 1.29 is 0 Å². The standard InChI is InChI=1S/C17H18N4/c18-14(11-12-5-2-1-3-6-12)16-20-15-7-4-10-19-17(15)21(16)13-8-9-13/h1-7,10,13-14H,8-9,11,18H2. The topological polar surface area (TPSA) is 56.7 Å². The molecule has 106 valence electrons. The van der Waals surface area contributed by atoms with Crippen molar-refractivity contribution >= 4 is 11.2 Å². The highest BCUT2D eigenvalue weighted by molar-refractivity contribution is 5.71. The molecular weight excluding hydrogens is 260 g/mol. The van der Waals surface area contributed by atoms with Gasteiger partial charge in [-0.3, -0.25) is 0 Å². The van der Waals surface area contributed by atoms with Crippen molar-refractivity contribution in [3.63, 3.8) is 0 Å². The molecule has 1 saturated carbocycles. The summed E-state index contributed by atoms with van der Waals surface area (Å²) in [6, 6.07) is 14.7. The molecule has 0 spiro atoms. The second-order valence-electron chi connectivity index (χ2n) is 5.71. The van der Waals surface area contributed by atoms with E-state index in [0.29, 0.717) is 6.04 Å². The summed E-state index contributed by atoms with van der Waals surface area (Å²) in [4.78, 5) is 9.24. The first-order valence-corrected chi connectivity index (χ1v) is 7.45. The maximum Gasteiger partial charge on any atom is 0.160 e. The van der Waals surface area contributed by atoms with Gasteiger partial charge < -0.3 is 10.3 Å². The van der Waals surface area contributed by atoms with Gasteiger partial charge in [0.1, 0.15) is 11.3 Å². The molecule has 1 aliphatic carbocycles. The van der Waals surface area contributed by atoms with Gasteiger partial charge in [0.15, 0.2) is 5.65 Å². The average Bonchev–Trinajstić information content (AvgIpc) is 3.28. The lowest BCUT2D eigenvalue weighted by atomic mass is 10.1. The monoisotopic (exact) mass is 278 g/mol. The maximum atomic E-state index is 6.45. The Labute approximate surface area is 123 Å². The minimum atomic E-state index is -0.0952. The van der Waals surface area contributed by atoms with Crippen LogP contribution < -0.4 is 5.73 Å². The zero-order chi connectivity index (χ0) is 14.2. The van der Waals surface area contributed by atoms with Crippen LogP contribution in [0.15, 0.2) is 48.7 Å². The first-order chi connectivity index (χ1) is 10.3. The molecule has 1 unspecified atom stereocenters. The summed E-state index contributed by atoms with van der Waals surface area (Å²) in [7, 11) is 0. The molecule has 21 heavy (non-hydrogen) atoms. The lowest BCUT2D eigenvalue weighted by Gasteiger charge is -2.14. The smallest absolute Gasteiger partial charge is 0.160 e. The molecule has 1 aromatic carbocycles. The summed E-state index contributed by atoms with van der Waals surface area (Å²) < 4.78 is 2.25. The minimum absolute atomic E-state index is 0.0952. The van der Waals surface area contributed by atoms with Crippen molar-refractivity contribution in [3.8, 4) is 0 Å². The predicted octanol–water partition coefficient (Wildman–Crippen LogP) is 3.01. The highest BCUT2D eigenvalue weighted by Crippen LogP contribution is 2.39. The Morgan fingerprint density at radius 3 is 2.71 bits per heavy atom. The highest BCUT2D eigenvalue weighted by atomic mass is 15.2. The fourth-order valence-electron chi connectivity index (χ4n) is 2.86. The van der Waals surface area contributed by atoms with E-state index in [1.54, 1.807) is 0 Å². The molecule has 4 heteroatoms. The van der Waals surface area contributed by atoms with Crippen molar-refractivity contribution in [2.24, 2.45) is 5.73 Å². The number of nitrogens with two attached hydrogens (primary N) is 1. The zero-order valence-corrected chi connectivity index (χ0v) is 11.8. The van der Waals surface area contributed by atoms with E-state index in [2.05, 4.69) is 21.7 Å². The SMILES string of the molecule is NC(Cc1ccccc1)c1nc2cccnc2n1C1CC1. The summed E-state index contributed by atoms with van der Waals surface area (Å²) in [5.74, 6) is 0.968. The van der Waals surface area contributed by atoms with Crippen molar-refractivity contribution in [3.05, 3.63) is 60.0 Å². The van der Waals surface area contributed by atoms with Crippen LogP contribution in [0.1, 0.15) is 36.3 Å². The van der Waals surface area contributed by atoms with Gasteiger partial charge >= 0.3 is 0 Å². The quantitative estimate of drug-likeness (QED) is 0.798. The molecule has 0 radical (unpaired) electrons. The van der Waals surface area contributed by atoms with Crippen LogP contribution in [0, 0.1) is 0 Å². The zero-order valence-electron chi connectivity index (χ0n) is 11.8. The normalized spacial score (nSPS) is 16.2. The molecular formula is C17H18N4. The molecule has 0 amide bonds. The summed E-state index contributed by atoms with van der Waals surface area (Å²) in [5.41, 5.74) is 9.61. The summed E-state index contributed by atoms with van der Waals surface area (Å²) >= 11 is 0. The molecule has 4 nitrogen and oxygen atoms in total. The van der Waals surface area contributed by atoms with Gasteiger partial charge in [0.2, 0.25) is 0 Å². The van der Waals surface area contributed by atoms with Crippen molar-refractivity contribution in [2.45, 2.75) is 31.3 Å². The van der Waals surface area contributed by atoms with E-state index in [1.165, 1.54) is 18.4 Å². The molecule has 1 atom stereocenters. The van der Waals surface area contributed by atoms with Crippen LogP contribution >= 0.6 is 0 Å². The van der Waals surface area contributed by atoms with Gasteiger partial charge in [0, 0.05) is 12.2 Å². The number of hydrogen-bond donors (Lipinski definition) is 1. The third kappa shape index (κ3) is 2.32. The van der Waals surface area contributed by atoms with Gasteiger partial charge in [-0.15, -0.1) is 0 Å². The number of pyridine rings is 1. The van der Waals surface area contributed by atoms with E-state index in [4.69, 9.17) is 10.7 Å². The van der Waals surface area contributed by atoms with Gasteiger partial charge in [0.25, 0.3) is 0 Å². The molecule has 4 rings (SSSR count). The van der Waals surface area contributed by atoms with Crippen molar-refractivity contribution in [1.82, 2.24) is 14.5 Å². The molecule has 2 aromatic heterocycles. The number of benzene rings is 1. The van der Waals surface area contributed by atoms with Crippen molar-refractivity contribution in [2.75, 3.05) is 0 Å². The molecule has 1 fully saturated rings. The summed E-state index contributed by atoms with van der Waals surface area (Å²) in [5, 5.41) is 0. The number of fused-ring (bicyclic) bond motifs is 1. The van der Waals surface area contributed by atoms with E-state index in [1.807, 2.05) is 36.5 Å². The number of nitrogens with zero attached hydrogens (tertiary/aromatic N) is 3. The van der Waals surface area contributed by atoms with E-state index >= 15 is 0 Å². The number of imidazole rings is 1. The van der Waals surface area contributed by atoms with Gasteiger partial charge in [-0.2, -0.15) is 0 Å². The molecule has 0 saturated heterocycles. The average molecular weight is 278 g/mol. The van der Waals surface area contributed by atoms with Gasteiger partial charge in [-0.05, 0) is 37.0 Å². The van der Waals surface area contributed by atoms with Crippen LogP contribution in [-0.4, -0.2) is 14.5 Å². The lowest BCUT2D eigenvalue weighted by Crippen LogP contribution is -2.19. The largest absolute Gasteiger partial charge is 0.321 e. The Balaban J connectivity index is 1.73. The molecule has 3 aromatic rings. The Morgan fingerprint density at radius 1 is 1.14 bits per heavy atom. The molecule has 1 aliphatic rings. The lowest BCUT2D eigenvalue weighted by molar-refractivity contribution is 0.599. The number of hydrogen-bond acceptors (Lipinski definition) is 3. The fraction of sp³-hybridized carbons (Fsp3) is 0.294. The predicted molar refractivity (Wildman–Crippen MR) is 82.9 cm³/mol. The number of aromatic nitrogens is 3. The third-order valence-corrected chi connectivity index (χ3v) is 4.02. The van der Waals surface area contributed by atoms with E-state index in [9.17, 15) is 0 Å². The van der Waals surface area contributed by atoms with Gasteiger partial charge in [-0.25, -0.2) is 9.97 Å². The van der Waals surface area contributed by atoms with Crippen LogP contribution in [0.25, 0.3) is 11.2 Å². The van der Waals surface area contributed by atoms with Crippen LogP contribution in [-0.2, 0) is 6.42 Å². The van der Waals surface area contributed by atoms with Gasteiger partial charge in [0.05, 0.1) is 6.04 Å². The summed E-state index contributed by atoms with van der Waals surface area (Å²) in [6.07, 6.45) is 5.03.